The van der Waals surface area contributed by atoms with E-state index in [4.69, 9.17) is 0 Å². The summed E-state index contributed by atoms with van der Waals surface area (Å²) >= 11 is 0. The van der Waals surface area contributed by atoms with E-state index in [0.29, 0.717) is 0 Å². The van der Waals surface area contributed by atoms with E-state index in [2.05, 4.69) is 135 Å². The minimum atomic E-state index is -0.0393. The van der Waals surface area contributed by atoms with Crippen LogP contribution in [0.4, 0.5) is 0 Å². The van der Waals surface area contributed by atoms with Crippen molar-refractivity contribution in [2.75, 3.05) is 0 Å². The summed E-state index contributed by atoms with van der Waals surface area (Å²) in [5.74, 6) is 0. The van der Waals surface area contributed by atoms with Crippen molar-refractivity contribution in [1.29, 1.82) is 0 Å². The Balaban J connectivity index is 1.37. The summed E-state index contributed by atoms with van der Waals surface area (Å²) in [5, 5.41) is 10.5. The molecule has 0 unspecified atom stereocenters. The molecule has 0 atom stereocenters. The van der Waals surface area contributed by atoms with Gasteiger partial charge in [0.15, 0.2) is 0 Å². The van der Waals surface area contributed by atoms with Crippen LogP contribution < -0.4 is 0 Å². The van der Waals surface area contributed by atoms with E-state index in [1.807, 2.05) is 0 Å². The first-order chi connectivity index (χ1) is 18.1. The lowest BCUT2D eigenvalue weighted by Gasteiger charge is -2.35. The fraction of sp³-hybridized carbons (Fsp3) is 0.0811. The molecule has 0 radical (unpaired) electrons. The van der Waals surface area contributed by atoms with Crippen LogP contribution in [0.25, 0.3) is 65.3 Å². The van der Waals surface area contributed by atoms with Gasteiger partial charge in [-0.1, -0.05) is 111 Å². The zero-order chi connectivity index (χ0) is 24.7. The van der Waals surface area contributed by atoms with Gasteiger partial charge in [-0.25, -0.2) is 0 Å². The molecule has 0 heteroatoms. The van der Waals surface area contributed by atoms with Crippen LogP contribution in [0.1, 0.15) is 25.0 Å². The Labute approximate surface area is 216 Å². The number of fused-ring (bicyclic) bond motifs is 6. The summed E-state index contributed by atoms with van der Waals surface area (Å²) in [6, 6.07) is 45.3. The second-order valence-electron chi connectivity index (χ2n) is 11.0. The number of hydrogen-bond acceptors (Lipinski definition) is 0. The maximum atomic E-state index is 2.42. The molecule has 7 aromatic carbocycles. The molecule has 0 N–H and O–H groups in total. The Morgan fingerprint density at radius 2 is 1.05 bits per heavy atom. The van der Waals surface area contributed by atoms with E-state index in [-0.39, 0.29) is 5.41 Å². The average Bonchev–Trinajstić information content (AvgIpc) is 2.94. The lowest BCUT2D eigenvalue weighted by molar-refractivity contribution is 0.645. The predicted octanol–water partition coefficient (Wildman–Crippen LogP) is 10.3. The van der Waals surface area contributed by atoms with Gasteiger partial charge in [0.25, 0.3) is 0 Å². The van der Waals surface area contributed by atoms with Crippen molar-refractivity contribution < 1.29 is 0 Å². The normalized spacial score (nSPS) is 13.9. The highest BCUT2D eigenvalue weighted by Crippen LogP contribution is 2.49. The molecule has 0 aliphatic heterocycles. The Morgan fingerprint density at radius 1 is 0.405 bits per heavy atom. The molecule has 0 fully saturated rings. The van der Waals surface area contributed by atoms with Gasteiger partial charge in [0.2, 0.25) is 0 Å². The van der Waals surface area contributed by atoms with Crippen LogP contribution in [0.5, 0.6) is 0 Å². The molecule has 174 valence electrons. The average molecular weight is 471 g/mol. The number of hydrogen-bond donors (Lipinski definition) is 0. The molecular formula is C37H26. The van der Waals surface area contributed by atoms with Crippen molar-refractivity contribution in [1.82, 2.24) is 0 Å². The summed E-state index contributed by atoms with van der Waals surface area (Å²) in [4.78, 5) is 0. The summed E-state index contributed by atoms with van der Waals surface area (Å²) in [7, 11) is 0. The molecule has 1 aliphatic carbocycles. The lowest BCUT2D eigenvalue weighted by Crippen LogP contribution is -2.23. The van der Waals surface area contributed by atoms with E-state index in [0.717, 1.165) is 0 Å². The summed E-state index contributed by atoms with van der Waals surface area (Å²) in [5.41, 5.74) is 8.02. The third-order valence-electron chi connectivity index (χ3n) is 8.60. The Hall–Kier alpha value is -4.42. The lowest BCUT2D eigenvalue weighted by atomic mass is 9.68. The Bertz CT molecular complexity index is 2050. The maximum absolute atomic E-state index is 2.42. The van der Waals surface area contributed by atoms with Gasteiger partial charge in [-0.2, -0.15) is 0 Å². The Kier molecular flexibility index (Phi) is 4.10. The van der Waals surface area contributed by atoms with Crippen LogP contribution in [0.2, 0.25) is 0 Å². The van der Waals surface area contributed by atoms with Gasteiger partial charge in [0.05, 0.1) is 0 Å². The van der Waals surface area contributed by atoms with E-state index >= 15 is 0 Å². The third-order valence-corrected chi connectivity index (χ3v) is 8.60. The van der Waals surface area contributed by atoms with Crippen molar-refractivity contribution in [2.24, 2.45) is 0 Å². The zero-order valence-corrected chi connectivity index (χ0v) is 21.0. The summed E-state index contributed by atoms with van der Waals surface area (Å²) in [6.07, 6.45) is 0. The van der Waals surface area contributed by atoms with Crippen LogP contribution >= 0.6 is 0 Å². The van der Waals surface area contributed by atoms with Crippen LogP contribution in [0.15, 0.2) is 121 Å². The van der Waals surface area contributed by atoms with E-state index in [1.165, 1.54) is 76.5 Å². The van der Waals surface area contributed by atoms with Gasteiger partial charge < -0.3 is 0 Å². The van der Waals surface area contributed by atoms with Gasteiger partial charge in [0.1, 0.15) is 0 Å². The highest BCUT2D eigenvalue weighted by molar-refractivity contribution is 6.13. The smallest absolute Gasteiger partial charge is 0.0159 e. The van der Waals surface area contributed by atoms with Crippen LogP contribution in [0, 0.1) is 0 Å². The summed E-state index contributed by atoms with van der Waals surface area (Å²) in [6.45, 7) is 4.73. The molecule has 0 bridgehead atoms. The zero-order valence-electron chi connectivity index (χ0n) is 21.0. The van der Waals surface area contributed by atoms with Gasteiger partial charge in [-0.05, 0) is 101 Å². The third kappa shape index (κ3) is 2.90. The largest absolute Gasteiger partial charge is 0.0616 e. The van der Waals surface area contributed by atoms with Crippen molar-refractivity contribution in [3.8, 4) is 22.3 Å². The molecule has 8 rings (SSSR count). The van der Waals surface area contributed by atoms with Crippen LogP contribution in [-0.4, -0.2) is 0 Å². The van der Waals surface area contributed by atoms with Crippen molar-refractivity contribution >= 4 is 43.1 Å². The molecule has 37 heavy (non-hydrogen) atoms. The minimum Gasteiger partial charge on any atom is -0.0616 e. The van der Waals surface area contributed by atoms with Crippen molar-refractivity contribution in [2.45, 2.75) is 19.3 Å². The van der Waals surface area contributed by atoms with E-state index in [9.17, 15) is 0 Å². The highest BCUT2D eigenvalue weighted by atomic mass is 14.4. The highest BCUT2D eigenvalue weighted by Gasteiger charge is 2.33. The molecule has 1 aliphatic rings. The second kappa shape index (κ2) is 7.31. The van der Waals surface area contributed by atoms with E-state index < -0.39 is 0 Å². The fourth-order valence-corrected chi connectivity index (χ4v) is 6.65. The topological polar surface area (TPSA) is 0 Å². The van der Waals surface area contributed by atoms with Gasteiger partial charge in [0, 0.05) is 5.41 Å². The maximum Gasteiger partial charge on any atom is 0.0159 e. The van der Waals surface area contributed by atoms with Gasteiger partial charge in [-0.15, -0.1) is 0 Å². The SMILES string of the molecule is CC1(C)c2ccc(-c3ccc4ccc5cc6ccccc6cc5c4c3)cc2-c2cccc3cccc1c23. The predicted molar refractivity (Wildman–Crippen MR) is 159 cm³/mol. The molecule has 0 spiro atoms. The molecule has 7 aromatic rings. The Morgan fingerprint density at radius 3 is 1.92 bits per heavy atom. The quantitative estimate of drug-likeness (QED) is 0.165. The van der Waals surface area contributed by atoms with E-state index in [1.54, 1.807) is 0 Å². The first-order valence-electron chi connectivity index (χ1n) is 13.1. The molecule has 0 amide bonds. The molecule has 0 heterocycles. The molecule has 0 saturated heterocycles. The molecule has 0 saturated carbocycles. The van der Waals surface area contributed by atoms with Crippen molar-refractivity contribution in [3.63, 3.8) is 0 Å². The minimum absolute atomic E-state index is 0.0393. The first kappa shape index (κ1) is 20.7. The molecular weight excluding hydrogens is 444 g/mol. The molecule has 0 nitrogen and oxygen atoms in total. The first-order valence-corrected chi connectivity index (χ1v) is 13.1. The standard InChI is InChI=1S/C37H26/c1-37(2)34-18-17-28(22-33(34)30-11-5-9-24-10-6-12-35(37)36(24)30)27-15-13-23-14-16-29-19-25-7-3-4-8-26(25)20-32(29)31(23)21-27/h3-22H,1-2H3. The van der Waals surface area contributed by atoms with Gasteiger partial charge >= 0.3 is 0 Å². The second-order valence-corrected chi connectivity index (χ2v) is 11.0. The summed E-state index contributed by atoms with van der Waals surface area (Å²) < 4.78 is 0. The number of benzene rings is 7. The van der Waals surface area contributed by atoms with Crippen LogP contribution in [0.3, 0.4) is 0 Å². The van der Waals surface area contributed by atoms with Crippen LogP contribution in [-0.2, 0) is 5.41 Å². The molecule has 0 aromatic heterocycles. The fourth-order valence-electron chi connectivity index (χ4n) is 6.65. The van der Waals surface area contributed by atoms with Gasteiger partial charge in [-0.3, -0.25) is 0 Å². The monoisotopic (exact) mass is 470 g/mol. The van der Waals surface area contributed by atoms with Crippen molar-refractivity contribution in [3.05, 3.63) is 132 Å². The number of rotatable bonds is 1.